The largest absolute Gasteiger partial charge is 0.481 e. The van der Waals surface area contributed by atoms with Crippen LogP contribution in [-0.2, 0) is 4.79 Å². The van der Waals surface area contributed by atoms with Crippen LogP contribution < -0.4 is 10.1 Å². The quantitative estimate of drug-likeness (QED) is 0.819. The van der Waals surface area contributed by atoms with Crippen molar-refractivity contribution in [2.24, 2.45) is 0 Å². The number of amides is 1. The first-order chi connectivity index (χ1) is 10.2. The van der Waals surface area contributed by atoms with Crippen LogP contribution >= 0.6 is 0 Å². The molecule has 1 amide bonds. The van der Waals surface area contributed by atoms with Crippen molar-refractivity contribution in [3.05, 3.63) is 54.2 Å². The Bertz CT molecular complexity index is 571. The topological polar surface area (TPSA) is 71.7 Å². The van der Waals surface area contributed by atoms with Gasteiger partial charge in [-0.25, -0.2) is 4.39 Å². The number of carbonyl (C=O) groups excluding carboxylic acids is 1. The van der Waals surface area contributed by atoms with E-state index in [4.69, 9.17) is 9.15 Å². The minimum absolute atomic E-state index is 0.0334. The molecule has 6 heteroatoms. The number of furan rings is 1. The maximum Gasteiger partial charge on any atom is 0.257 e. The highest BCUT2D eigenvalue weighted by Crippen LogP contribution is 2.16. The summed E-state index contributed by atoms with van der Waals surface area (Å²) in [6, 6.07) is 7.53. The highest BCUT2D eigenvalue weighted by molar-refractivity contribution is 5.77. The first kappa shape index (κ1) is 15.1. The third kappa shape index (κ3) is 4.61. The zero-order valence-corrected chi connectivity index (χ0v) is 11.3. The monoisotopic (exact) mass is 293 g/mol. The van der Waals surface area contributed by atoms with Crippen molar-refractivity contribution >= 4 is 5.91 Å². The van der Waals surface area contributed by atoms with Crippen molar-refractivity contribution in [3.63, 3.8) is 0 Å². The molecule has 0 saturated carbocycles. The number of hydrogen-bond donors (Lipinski definition) is 2. The number of rotatable bonds is 7. The summed E-state index contributed by atoms with van der Waals surface area (Å²) < 4.78 is 23.2. The number of para-hydroxylation sites is 1. The Morgan fingerprint density at radius 3 is 2.90 bits per heavy atom. The molecule has 21 heavy (non-hydrogen) atoms. The molecule has 2 N–H and O–H groups in total. The van der Waals surface area contributed by atoms with Crippen LogP contribution in [0.25, 0.3) is 0 Å². The lowest BCUT2D eigenvalue weighted by atomic mass is 10.1. The third-order valence-electron chi connectivity index (χ3n) is 2.86. The second-order valence-electron chi connectivity index (χ2n) is 4.43. The van der Waals surface area contributed by atoms with Crippen molar-refractivity contribution in [1.82, 2.24) is 5.32 Å². The Morgan fingerprint density at radius 1 is 1.38 bits per heavy atom. The molecular weight excluding hydrogens is 277 g/mol. The van der Waals surface area contributed by atoms with Crippen molar-refractivity contribution in [1.29, 1.82) is 0 Å². The van der Waals surface area contributed by atoms with Gasteiger partial charge in [-0.15, -0.1) is 0 Å². The molecule has 112 valence electrons. The summed E-state index contributed by atoms with van der Waals surface area (Å²) in [5, 5.41) is 12.4. The van der Waals surface area contributed by atoms with E-state index in [1.54, 1.807) is 18.2 Å². The van der Waals surface area contributed by atoms with E-state index in [9.17, 15) is 14.3 Å². The van der Waals surface area contributed by atoms with E-state index in [0.717, 1.165) is 0 Å². The zero-order chi connectivity index (χ0) is 15.1. The van der Waals surface area contributed by atoms with Gasteiger partial charge in [0.1, 0.15) is 0 Å². The number of hydrogen-bond acceptors (Lipinski definition) is 4. The summed E-state index contributed by atoms with van der Waals surface area (Å²) in [7, 11) is 0. The predicted octanol–water partition coefficient (Wildman–Crippen LogP) is 2.04. The number of carbonyl (C=O) groups is 1. The van der Waals surface area contributed by atoms with E-state index in [1.165, 1.54) is 24.7 Å². The lowest BCUT2D eigenvalue weighted by Gasteiger charge is -2.10. The van der Waals surface area contributed by atoms with Gasteiger partial charge in [0.2, 0.25) is 0 Å². The molecule has 5 nitrogen and oxygen atoms in total. The average molecular weight is 293 g/mol. The number of nitrogens with one attached hydrogen (secondary N) is 1. The molecule has 0 spiro atoms. The zero-order valence-electron chi connectivity index (χ0n) is 11.3. The normalized spacial score (nSPS) is 11.9. The number of aliphatic hydroxyl groups is 1. The highest BCUT2D eigenvalue weighted by Gasteiger charge is 2.10. The molecule has 0 radical (unpaired) electrons. The number of ether oxygens (including phenoxy) is 1. The van der Waals surface area contributed by atoms with Crippen LogP contribution in [0, 0.1) is 5.82 Å². The van der Waals surface area contributed by atoms with E-state index < -0.39 is 11.9 Å². The molecule has 2 aromatic rings. The summed E-state index contributed by atoms with van der Waals surface area (Å²) >= 11 is 0. The summed E-state index contributed by atoms with van der Waals surface area (Å²) in [6.07, 6.45) is 2.58. The molecule has 0 bridgehead atoms. The third-order valence-corrected chi connectivity index (χ3v) is 2.86. The number of halogens is 1. The van der Waals surface area contributed by atoms with Crippen LogP contribution in [-0.4, -0.2) is 24.2 Å². The minimum Gasteiger partial charge on any atom is -0.481 e. The van der Waals surface area contributed by atoms with Crippen LogP contribution in [0.1, 0.15) is 18.1 Å². The fourth-order valence-corrected chi connectivity index (χ4v) is 1.74. The maximum absolute atomic E-state index is 13.3. The van der Waals surface area contributed by atoms with Gasteiger partial charge in [0.25, 0.3) is 5.91 Å². The molecule has 1 atom stereocenters. The van der Waals surface area contributed by atoms with Gasteiger partial charge < -0.3 is 19.6 Å². The van der Waals surface area contributed by atoms with Crippen LogP contribution in [0.4, 0.5) is 4.39 Å². The highest BCUT2D eigenvalue weighted by atomic mass is 19.1. The molecule has 0 aliphatic heterocycles. The fraction of sp³-hybridized carbons (Fsp3) is 0.267. The summed E-state index contributed by atoms with van der Waals surface area (Å²) in [5.74, 6) is -0.857. The molecular formula is C15H16FNO4. The SMILES string of the molecule is O=C(COc1ccccc1F)NCC[C@H](O)c1ccoc1. The van der Waals surface area contributed by atoms with Crippen LogP contribution in [0.2, 0.25) is 0 Å². The Balaban J connectivity index is 1.67. The molecule has 0 saturated heterocycles. The molecule has 1 aromatic carbocycles. The minimum atomic E-state index is -0.698. The summed E-state index contributed by atoms with van der Waals surface area (Å²) in [6.45, 7) is 0.00848. The van der Waals surface area contributed by atoms with Crippen LogP contribution in [0.5, 0.6) is 5.75 Å². The molecule has 2 rings (SSSR count). The number of benzene rings is 1. The standard InChI is InChI=1S/C15H16FNO4/c16-12-3-1-2-4-14(12)21-10-15(19)17-7-5-13(18)11-6-8-20-9-11/h1-4,6,8-9,13,18H,5,7,10H2,(H,17,19)/t13-/m0/s1. The van der Waals surface area contributed by atoms with Gasteiger partial charge in [-0.2, -0.15) is 0 Å². The average Bonchev–Trinajstić information content (AvgIpc) is 3.00. The Kier molecular flexibility index (Phi) is 5.34. The van der Waals surface area contributed by atoms with E-state index >= 15 is 0 Å². The van der Waals surface area contributed by atoms with Gasteiger partial charge in [-0.3, -0.25) is 4.79 Å². The van der Waals surface area contributed by atoms with Crippen LogP contribution in [0.3, 0.4) is 0 Å². The first-order valence-corrected chi connectivity index (χ1v) is 6.51. The van der Waals surface area contributed by atoms with Crippen molar-refractivity contribution in [3.8, 4) is 5.75 Å². The Morgan fingerprint density at radius 2 is 2.19 bits per heavy atom. The Hall–Kier alpha value is -2.34. The summed E-state index contributed by atoms with van der Waals surface area (Å²) in [4.78, 5) is 11.5. The molecule has 0 unspecified atom stereocenters. The first-order valence-electron chi connectivity index (χ1n) is 6.51. The van der Waals surface area contributed by atoms with Gasteiger partial charge >= 0.3 is 0 Å². The van der Waals surface area contributed by atoms with Gasteiger partial charge in [-0.05, 0) is 24.6 Å². The van der Waals surface area contributed by atoms with Gasteiger partial charge in [0.15, 0.2) is 18.2 Å². The van der Waals surface area contributed by atoms with Crippen LogP contribution in [0.15, 0.2) is 47.3 Å². The van der Waals surface area contributed by atoms with Crippen molar-refractivity contribution in [2.75, 3.05) is 13.2 Å². The second kappa shape index (κ2) is 7.44. The molecule has 0 aliphatic carbocycles. The molecule has 0 aliphatic rings. The van der Waals surface area contributed by atoms with Gasteiger partial charge in [-0.1, -0.05) is 12.1 Å². The van der Waals surface area contributed by atoms with E-state index in [-0.39, 0.29) is 24.8 Å². The second-order valence-corrected chi connectivity index (χ2v) is 4.43. The smallest absolute Gasteiger partial charge is 0.257 e. The van der Waals surface area contributed by atoms with E-state index in [1.807, 2.05) is 0 Å². The summed E-state index contributed by atoms with van der Waals surface area (Å²) in [5.41, 5.74) is 0.659. The fourth-order valence-electron chi connectivity index (χ4n) is 1.74. The Labute approximate surface area is 121 Å². The lowest BCUT2D eigenvalue weighted by Crippen LogP contribution is -2.30. The van der Waals surface area contributed by atoms with Crippen molar-refractivity contribution in [2.45, 2.75) is 12.5 Å². The predicted molar refractivity (Wildman–Crippen MR) is 73.2 cm³/mol. The lowest BCUT2D eigenvalue weighted by molar-refractivity contribution is -0.123. The van der Waals surface area contributed by atoms with Gasteiger partial charge in [0.05, 0.1) is 18.6 Å². The van der Waals surface area contributed by atoms with E-state index in [0.29, 0.717) is 12.0 Å². The van der Waals surface area contributed by atoms with Crippen molar-refractivity contribution < 1.29 is 23.4 Å². The number of aliphatic hydroxyl groups excluding tert-OH is 1. The van der Waals surface area contributed by atoms with E-state index in [2.05, 4.69) is 5.32 Å². The van der Waals surface area contributed by atoms with Gasteiger partial charge in [0, 0.05) is 12.1 Å². The molecule has 1 aromatic heterocycles. The molecule has 0 fully saturated rings. The maximum atomic E-state index is 13.3. The molecule has 1 heterocycles.